The minimum atomic E-state index is -0.513. The molecule has 146 valence electrons. The van der Waals surface area contributed by atoms with Crippen molar-refractivity contribution in [3.05, 3.63) is 71.1 Å². The van der Waals surface area contributed by atoms with E-state index in [0.717, 1.165) is 29.0 Å². The van der Waals surface area contributed by atoms with E-state index in [0.29, 0.717) is 18.1 Å². The number of fused-ring (bicyclic) bond motifs is 1. The molecule has 1 aliphatic heterocycles. The fourth-order valence-electron chi connectivity index (χ4n) is 3.44. The van der Waals surface area contributed by atoms with Crippen LogP contribution in [0.4, 0.5) is 0 Å². The largest absolute Gasteiger partial charge is 0.508 e. The number of aromatic nitrogens is 2. The lowest BCUT2D eigenvalue weighted by Crippen LogP contribution is -2.20. The van der Waals surface area contributed by atoms with Gasteiger partial charge in [0.15, 0.2) is 0 Å². The number of H-pyrrole nitrogens is 1. The Bertz CT molecular complexity index is 1110. The first-order valence-corrected chi connectivity index (χ1v) is 9.30. The van der Waals surface area contributed by atoms with E-state index in [4.69, 9.17) is 15.2 Å². The molecule has 0 amide bonds. The standard InChI is InChI=1S/C22H20N4O3/c1-2-10-28-16-8-6-13(7-9-16)20-19-18(14-4-3-5-15(27)11-14)17(12-23)21(24)29-22(19)26-25-20/h3-9,11,18,27H,2,10,24H2,1H3,(H,25,26)/t18-/m1/s1. The predicted octanol–water partition coefficient (Wildman–Crippen LogP) is 3.79. The van der Waals surface area contributed by atoms with Gasteiger partial charge >= 0.3 is 0 Å². The summed E-state index contributed by atoms with van der Waals surface area (Å²) in [6.07, 6.45) is 0.934. The summed E-state index contributed by atoms with van der Waals surface area (Å²) < 4.78 is 11.2. The molecular formula is C22H20N4O3. The van der Waals surface area contributed by atoms with Crippen molar-refractivity contribution in [1.29, 1.82) is 5.26 Å². The molecule has 4 rings (SSSR count). The topological polar surface area (TPSA) is 117 Å². The molecule has 0 fully saturated rings. The number of phenols is 1. The van der Waals surface area contributed by atoms with E-state index in [1.54, 1.807) is 18.2 Å². The van der Waals surface area contributed by atoms with Crippen molar-refractivity contribution in [3.63, 3.8) is 0 Å². The van der Waals surface area contributed by atoms with Gasteiger partial charge in [-0.2, -0.15) is 5.26 Å². The van der Waals surface area contributed by atoms with Gasteiger partial charge in [0.05, 0.1) is 23.8 Å². The van der Waals surface area contributed by atoms with Crippen LogP contribution in [0, 0.1) is 11.3 Å². The van der Waals surface area contributed by atoms with E-state index in [1.807, 2.05) is 30.3 Å². The van der Waals surface area contributed by atoms with Crippen LogP contribution < -0.4 is 15.2 Å². The third-order valence-corrected chi connectivity index (χ3v) is 4.76. The van der Waals surface area contributed by atoms with E-state index in [9.17, 15) is 10.4 Å². The number of allylic oxidation sites excluding steroid dienone is 1. The summed E-state index contributed by atoms with van der Waals surface area (Å²) in [7, 11) is 0. The first-order valence-electron chi connectivity index (χ1n) is 9.30. The fraction of sp³-hybridized carbons (Fsp3) is 0.182. The number of ether oxygens (including phenoxy) is 2. The third-order valence-electron chi connectivity index (χ3n) is 4.76. The number of rotatable bonds is 5. The fourth-order valence-corrected chi connectivity index (χ4v) is 3.44. The van der Waals surface area contributed by atoms with Crippen molar-refractivity contribution >= 4 is 0 Å². The van der Waals surface area contributed by atoms with Gasteiger partial charge in [-0.15, -0.1) is 5.10 Å². The highest BCUT2D eigenvalue weighted by Crippen LogP contribution is 2.46. The van der Waals surface area contributed by atoms with Gasteiger partial charge in [0.25, 0.3) is 0 Å². The highest BCUT2D eigenvalue weighted by molar-refractivity contribution is 5.71. The number of aromatic hydroxyl groups is 1. The number of aromatic amines is 1. The molecule has 1 aliphatic rings. The van der Waals surface area contributed by atoms with E-state index in [2.05, 4.69) is 23.2 Å². The summed E-state index contributed by atoms with van der Waals surface area (Å²) in [6.45, 7) is 2.71. The van der Waals surface area contributed by atoms with E-state index in [-0.39, 0.29) is 17.2 Å². The molecule has 0 radical (unpaired) electrons. The van der Waals surface area contributed by atoms with Crippen molar-refractivity contribution < 1.29 is 14.6 Å². The molecule has 3 aromatic rings. The zero-order valence-electron chi connectivity index (χ0n) is 15.8. The molecule has 7 nitrogen and oxygen atoms in total. The van der Waals surface area contributed by atoms with Crippen LogP contribution in [0.3, 0.4) is 0 Å². The zero-order chi connectivity index (χ0) is 20.4. The Hall–Kier alpha value is -3.92. The molecule has 1 aromatic heterocycles. The summed E-state index contributed by atoms with van der Waals surface area (Å²) in [5, 5.41) is 26.9. The lowest BCUT2D eigenvalue weighted by molar-refractivity contribution is 0.317. The molecule has 7 heteroatoms. The van der Waals surface area contributed by atoms with Crippen LogP contribution in [0.15, 0.2) is 60.0 Å². The van der Waals surface area contributed by atoms with Gasteiger partial charge in [0.1, 0.15) is 23.1 Å². The summed E-state index contributed by atoms with van der Waals surface area (Å²) in [5.41, 5.74) is 9.27. The Morgan fingerprint density at radius 2 is 2.07 bits per heavy atom. The Balaban J connectivity index is 1.82. The number of phenolic OH excluding ortho intramolecular Hbond substituents is 1. The molecule has 0 bridgehead atoms. The number of nitrogens with one attached hydrogen (secondary N) is 1. The number of nitrogens with zero attached hydrogens (tertiary/aromatic N) is 2. The predicted molar refractivity (Wildman–Crippen MR) is 107 cm³/mol. The van der Waals surface area contributed by atoms with Crippen LogP contribution in [0.2, 0.25) is 0 Å². The third kappa shape index (κ3) is 3.36. The van der Waals surface area contributed by atoms with Gasteiger partial charge in [-0.1, -0.05) is 19.1 Å². The maximum Gasteiger partial charge on any atom is 0.244 e. The van der Waals surface area contributed by atoms with Crippen molar-refractivity contribution in [3.8, 4) is 34.7 Å². The van der Waals surface area contributed by atoms with Crippen LogP contribution in [0.25, 0.3) is 11.3 Å². The Labute approximate surface area is 168 Å². The highest BCUT2D eigenvalue weighted by Gasteiger charge is 2.35. The minimum absolute atomic E-state index is 0.00899. The van der Waals surface area contributed by atoms with E-state index in [1.165, 1.54) is 0 Å². The summed E-state index contributed by atoms with van der Waals surface area (Å²) >= 11 is 0. The Kier molecular flexibility index (Phi) is 4.83. The van der Waals surface area contributed by atoms with E-state index < -0.39 is 5.92 Å². The van der Waals surface area contributed by atoms with Crippen molar-refractivity contribution in [2.45, 2.75) is 19.3 Å². The molecule has 4 N–H and O–H groups in total. The molecule has 0 spiro atoms. The van der Waals surface area contributed by atoms with Crippen LogP contribution in [-0.4, -0.2) is 21.9 Å². The SMILES string of the molecule is CCCOc1ccc(-c2[nH]nc3c2[C@H](c2cccc(O)c2)C(C#N)=C(N)O3)cc1. The average molecular weight is 388 g/mol. The lowest BCUT2D eigenvalue weighted by atomic mass is 9.83. The average Bonchev–Trinajstić information content (AvgIpc) is 3.14. The molecule has 0 aliphatic carbocycles. The van der Waals surface area contributed by atoms with Gasteiger partial charge in [-0.3, -0.25) is 5.10 Å². The normalized spacial score (nSPS) is 15.4. The number of hydrogen-bond donors (Lipinski definition) is 3. The molecule has 0 saturated heterocycles. The summed E-state index contributed by atoms with van der Waals surface area (Å²) in [6, 6.07) is 16.5. The summed E-state index contributed by atoms with van der Waals surface area (Å²) in [4.78, 5) is 0. The highest BCUT2D eigenvalue weighted by atomic mass is 16.5. The molecule has 0 unspecified atom stereocenters. The van der Waals surface area contributed by atoms with Gasteiger partial charge in [-0.25, -0.2) is 0 Å². The van der Waals surface area contributed by atoms with Crippen molar-refractivity contribution in [1.82, 2.24) is 10.2 Å². The van der Waals surface area contributed by atoms with Crippen LogP contribution in [-0.2, 0) is 0 Å². The monoisotopic (exact) mass is 388 g/mol. The molecule has 29 heavy (non-hydrogen) atoms. The Morgan fingerprint density at radius 1 is 1.28 bits per heavy atom. The van der Waals surface area contributed by atoms with Gasteiger partial charge < -0.3 is 20.3 Å². The van der Waals surface area contributed by atoms with Crippen LogP contribution >= 0.6 is 0 Å². The van der Waals surface area contributed by atoms with Gasteiger partial charge in [0, 0.05) is 5.56 Å². The molecule has 0 saturated carbocycles. The van der Waals surface area contributed by atoms with Crippen molar-refractivity contribution in [2.75, 3.05) is 6.61 Å². The van der Waals surface area contributed by atoms with Crippen molar-refractivity contribution in [2.24, 2.45) is 5.73 Å². The second-order valence-corrected chi connectivity index (χ2v) is 6.71. The van der Waals surface area contributed by atoms with Gasteiger partial charge in [0.2, 0.25) is 11.8 Å². The maximum absolute atomic E-state index is 9.96. The van der Waals surface area contributed by atoms with E-state index >= 15 is 0 Å². The minimum Gasteiger partial charge on any atom is -0.508 e. The van der Waals surface area contributed by atoms with Crippen LogP contribution in [0.1, 0.15) is 30.4 Å². The first kappa shape index (κ1) is 18.4. The molecular weight excluding hydrogens is 368 g/mol. The zero-order valence-corrected chi connectivity index (χ0v) is 15.8. The first-order chi connectivity index (χ1) is 14.1. The smallest absolute Gasteiger partial charge is 0.244 e. The summed E-state index contributed by atoms with van der Waals surface area (Å²) in [5.74, 6) is 0.701. The number of benzene rings is 2. The number of hydrogen-bond acceptors (Lipinski definition) is 6. The number of nitrogens with two attached hydrogens (primary N) is 1. The second-order valence-electron chi connectivity index (χ2n) is 6.71. The Morgan fingerprint density at radius 3 is 2.76 bits per heavy atom. The van der Waals surface area contributed by atoms with Crippen LogP contribution in [0.5, 0.6) is 17.4 Å². The second kappa shape index (κ2) is 7.60. The molecule has 2 aromatic carbocycles. The maximum atomic E-state index is 9.96. The molecule has 1 atom stereocenters. The number of nitriles is 1. The van der Waals surface area contributed by atoms with Gasteiger partial charge in [-0.05, 0) is 48.4 Å². The lowest BCUT2D eigenvalue weighted by Gasteiger charge is -2.24. The molecule has 2 heterocycles. The quantitative estimate of drug-likeness (QED) is 0.612.